The maximum atomic E-state index is 12.4. The number of nitrogens with zero attached hydrogens (tertiary/aromatic N) is 3. The number of thiophene rings is 1. The van der Waals surface area contributed by atoms with Gasteiger partial charge < -0.3 is 10.1 Å². The van der Waals surface area contributed by atoms with Crippen LogP contribution >= 0.6 is 45.6 Å². The molecule has 1 aliphatic heterocycles. The normalized spacial score (nSPS) is 20.1. The maximum Gasteiger partial charge on any atom is 0.232 e. The number of morpholine rings is 1. The van der Waals surface area contributed by atoms with Crippen LogP contribution in [0.2, 0.25) is 4.34 Å². The molecule has 0 aliphatic carbocycles. The Kier molecular flexibility index (Phi) is 6.63. The van der Waals surface area contributed by atoms with Crippen molar-refractivity contribution in [2.45, 2.75) is 39.0 Å². The number of nitrogens with one attached hydrogen (secondary N) is 1. The van der Waals surface area contributed by atoms with Crippen LogP contribution in [0.5, 0.6) is 0 Å². The molecule has 2 atom stereocenters. The molecule has 1 fully saturated rings. The van der Waals surface area contributed by atoms with Crippen molar-refractivity contribution in [3.05, 3.63) is 38.6 Å². The van der Waals surface area contributed by atoms with Crippen molar-refractivity contribution in [3.8, 4) is 9.88 Å². The number of hydrogen-bond donors (Lipinski definition) is 1. The van der Waals surface area contributed by atoms with Crippen molar-refractivity contribution in [1.29, 1.82) is 0 Å². The third-order valence-corrected chi connectivity index (χ3v) is 7.45. The predicted molar refractivity (Wildman–Crippen MR) is 120 cm³/mol. The lowest BCUT2D eigenvalue weighted by atomic mass is 10.2. The topological polar surface area (TPSA) is 67.4 Å². The number of aromatic nitrogens is 2. The second-order valence-corrected chi connectivity index (χ2v) is 10.5. The number of amides is 1. The van der Waals surface area contributed by atoms with Gasteiger partial charge in [0.25, 0.3) is 0 Å². The number of rotatable bonds is 6. The first-order chi connectivity index (χ1) is 13.9. The van der Waals surface area contributed by atoms with Crippen LogP contribution in [-0.2, 0) is 22.5 Å². The average Bonchev–Trinajstić information content (AvgIpc) is 3.36. The van der Waals surface area contributed by atoms with Crippen molar-refractivity contribution in [2.24, 2.45) is 0 Å². The molecule has 10 heteroatoms. The molecule has 1 saturated heterocycles. The second kappa shape index (κ2) is 9.20. The van der Waals surface area contributed by atoms with E-state index in [1.54, 1.807) is 0 Å². The van der Waals surface area contributed by atoms with E-state index in [9.17, 15) is 4.79 Å². The average molecular weight is 469 g/mol. The first-order valence-electron chi connectivity index (χ1n) is 9.27. The molecule has 3 aromatic rings. The van der Waals surface area contributed by atoms with Crippen molar-refractivity contribution < 1.29 is 9.53 Å². The molecule has 0 aromatic carbocycles. The Balaban J connectivity index is 1.31. The minimum absolute atomic E-state index is 0.111. The highest BCUT2D eigenvalue weighted by atomic mass is 35.5. The highest BCUT2D eigenvalue weighted by Crippen LogP contribution is 2.33. The number of carbonyl (C=O) groups excluding carboxylic acids is 1. The summed E-state index contributed by atoms with van der Waals surface area (Å²) in [5.74, 6) is -0.111. The van der Waals surface area contributed by atoms with Crippen LogP contribution in [0.3, 0.4) is 0 Å². The van der Waals surface area contributed by atoms with Crippen LogP contribution in [0.4, 0.5) is 5.13 Å². The summed E-state index contributed by atoms with van der Waals surface area (Å²) >= 11 is 10.4. The molecular formula is C19H21ClN4O2S3. The van der Waals surface area contributed by atoms with Crippen molar-refractivity contribution in [1.82, 2.24) is 14.9 Å². The Hall–Kier alpha value is -1.36. The highest BCUT2D eigenvalue weighted by molar-refractivity contribution is 7.23. The van der Waals surface area contributed by atoms with Crippen molar-refractivity contribution in [3.63, 3.8) is 0 Å². The molecule has 29 heavy (non-hydrogen) atoms. The van der Waals surface area contributed by atoms with Gasteiger partial charge in [0.05, 0.1) is 39.2 Å². The highest BCUT2D eigenvalue weighted by Gasteiger charge is 2.23. The molecule has 6 nitrogen and oxygen atoms in total. The summed E-state index contributed by atoms with van der Waals surface area (Å²) in [4.78, 5) is 24.9. The molecule has 0 bridgehead atoms. The third-order valence-electron chi connectivity index (χ3n) is 4.36. The molecule has 4 rings (SSSR count). The summed E-state index contributed by atoms with van der Waals surface area (Å²) in [5, 5.41) is 8.31. The molecular weight excluding hydrogens is 448 g/mol. The zero-order chi connectivity index (χ0) is 20.4. The standard InChI is InChI=1S/C19H21ClN4O2S3/c1-11-6-24(7-12(2)26-11)8-14-10-28-19(22-14)23-17(25)5-13-9-27-18(21-13)15-3-4-16(20)29-15/h3-4,9-12H,5-8H2,1-2H3,(H,22,23,25). The van der Waals surface area contributed by atoms with E-state index in [0.29, 0.717) is 5.13 Å². The quantitative estimate of drug-likeness (QED) is 0.564. The number of hydrogen-bond acceptors (Lipinski definition) is 8. The van der Waals surface area contributed by atoms with Crippen LogP contribution in [0, 0.1) is 0 Å². The number of halogens is 1. The number of thiazole rings is 2. The summed E-state index contributed by atoms with van der Waals surface area (Å²) in [6.07, 6.45) is 0.678. The molecule has 3 aromatic heterocycles. The van der Waals surface area contributed by atoms with Gasteiger partial charge in [-0.25, -0.2) is 9.97 Å². The van der Waals surface area contributed by atoms with E-state index in [1.807, 2.05) is 22.9 Å². The van der Waals surface area contributed by atoms with E-state index in [0.717, 1.165) is 45.2 Å². The molecule has 0 radical (unpaired) electrons. The second-order valence-electron chi connectivity index (χ2n) is 7.07. The maximum absolute atomic E-state index is 12.4. The fourth-order valence-corrected chi connectivity index (χ4v) is 5.99. The summed E-state index contributed by atoms with van der Waals surface area (Å²) in [6, 6.07) is 3.80. The molecule has 154 valence electrons. The van der Waals surface area contributed by atoms with Gasteiger partial charge in [0.15, 0.2) is 5.13 Å². The monoisotopic (exact) mass is 468 g/mol. The van der Waals surface area contributed by atoms with Gasteiger partial charge in [0, 0.05) is 30.4 Å². The largest absolute Gasteiger partial charge is 0.373 e. The Morgan fingerprint density at radius 1 is 1.21 bits per heavy atom. The molecule has 2 unspecified atom stereocenters. The van der Waals surface area contributed by atoms with Gasteiger partial charge in [-0.2, -0.15) is 0 Å². The number of ether oxygens (including phenoxy) is 1. The molecule has 1 aliphatic rings. The van der Waals surface area contributed by atoms with Crippen molar-refractivity contribution in [2.75, 3.05) is 18.4 Å². The molecule has 0 spiro atoms. The summed E-state index contributed by atoms with van der Waals surface area (Å²) < 4.78 is 6.50. The lowest BCUT2D eigenvalue weighted by Crippen LogP contribution is -2.44. The Bertz CT molecular complexity index is 976. The summed E-state index contributed by atoms with van der Waals surface area (Å²) in [7, 11) is 0. The van der Waals surface area contributed by atoms with E-state index in [2.05, 4.69) is 34.0 Å². The van der Waals surface area contributed by atoms with E-state index >= 15 is 0 Å². The van der Waals surface area contributed by atoms with Crippen LogP contribution in [0.25, 0.3) is 9.88 Å². The van der Waals surface area contributed by atoms with E-state index in [1.165, 1.54) is 34.0 Å². The zero-order valence-electron chi connectivity index (χ0n) is 16.1. The fraction of sp³-hybridized carbons (Fsp3) is 0.421. The Labute approximate surface area is 186 Å². The SMILES string of the molecule is CC1CN(Cc2csc(NC(=O)Cc3csc(-c4ccc(Cl)s4)n3)n2)CC(C)O1. The lowest BCUT2D eigenvalue weighted by Gasteiger charge is -2.34. The third kappa shape index (κ3) is 5.62. The molecule has 1 amide bonds. The van der Waals surface area contributed by atoms with Gasteiger partial charge in [0.1, 0.15) is 5.01 Å². The van der Waals surface area contributed by atoms with Gasteiger partial charge in [-0.15, -0.1) is 34.0 Å². The van der Waals surface area contributed by atoms with Crippen LogP contribution in [-0.4, -0.2) is 46.1 Å². The summed E-state index contributed by atoms with van der Waals surface area (Å²) in [6.45, 7) is 6.73. The van der Waals surface area contributed by atoms with E-state index in [-0.39, 0.29) is 24.5 Å². The van der Waals surface area contributed by atoms with Gasteiger partial charge in [0.2, 0.25) is 5.91 Å². The van der Waals surface area contributed by atoms with Crippen LogP contribution < -0.4 is 5.32 Å². The summed E-state index contributed by atoms with van der Waals surface area (Å²) in [5.41, 5.74) is 1.72. The fourth-order valence-electron chi connectivity index (χ4n) is 3.34. The Morgan fingerprint density at radius 2 is 1.97 bits per heavy atom. The van der Waals surface area contributed by atoms with Gasteiger partial charge in [-0.05, 0) is 26.0 Å². The molecule has 4 heterocycles. The lowest BCUT2D eigenvalue weighted by molar-refractivity contribution is -0.115. The first-order valence-corrected chi connectivity index (χ1v) is 12.2. The zero-order valence-corrected chi connectivity index (χ0v) is 19.3. The first kappa shape index (κ1) is 20.9. The van der Waals surface area contributed by atoms with Crippen LogP contribution in [0.1, 0.15) is 25.2 Å². The molecule has 0 saturated carbocycles. The minimum Gasteiger partial charge on any atom is -0.373 e. The number of carbonyl (C=O) groups is 1. The Morgan fingerprint density at radius 3 is 2.69 bits per heavy atom. The van der Waals surface area contributed by atoms with E-state index in [4.69, 9.17) is 16.3 Å². The number of anilines is 1. The minimum atomic E-state index is -0.111. The van der Waals surface area contributed by atoms with Gasteiger partial charge in [-0.1, -0.05) is 11.6 Å². The predicted octanol–water partition coefficient (Wildman–Crippen LogP) is 4.77. The van der Waals surface area contributed by atoms with Crippen LogP contribution in [0.15, 0.2) is 22.9 Å². The molecule has 1 N–H and O–H groups in total. The van der Waals surface area contributed by atoms with Crippen molar-refractivity contribution >= 4 is 56.7 Å². The smallest absolute Gasteiger partial charge is 0.232 e. The van der Waals surface area contributed by atoms with E-state index < -0.39 is 0 Å². The van der Waals surface area contributed by atoms with Gasteiger partial charge in [-0.3, -0.25) is 9.69 Å². The van der Waals surface area contributed by atoms with Gasteiger partial charge >= 0.3 is 0 Å².